The number of aromatic nitrogens is 1. The predicted molar refractivity (Wildman–Crippen MR) is 125 cm³/mol. The van der Waals surface area contributed by atoms with E-state index in [-0.39, 0.29) is 24.0 Å². The summed E-state index contributed by atoms with van der Waals surface area (Å²) < 4.78 is 5.82. The lowest BCUT2D eigenvalue weighted by Gasteiger charge is -2.20. The molecule has 1 heterocycles. The number of aliphatic hydroxyl groups is 1. The molecule has 0 spiro atoms. The summed E-state index contributed by atoms with van der Waals surface area (Å²) in [6.45, 7) is 1.31. The molecule has 0 unspecified atom stereocenters. The standard InChI is InChI=1S/C26H28N2O4/c29-20-8-4-18(5-9-20)23(19-6-10-21(30)11-7-19)12-14-27-16-22(31)17-32-26-3-1-2-25-24(26)13-15-28-25/h1-11,13,15,22-23,27-31H,12,14,16-17H2/t22-/m0/s1. The topological polar surface area (TPSA) is 97.7 Å². The van der Waals surface area contributed by atoms with E-state index in [0.717, 1.165) is 34.2 Å². The largest absolute Gasteiger partial charge is 0.508 e. The second kappa shape index (κ2) is 10.2. The van der Waals surface area contributed by atoms with Crippen LogP contribution in [0, 0.1) is 0 Å². The van der Waals surface area contributed by atoms with Gasteiger partial charge in [-0.2, -0.15) is 0 Å². The molecule has 0 aliphatic carbocycles. The normalized spacial score (nSPS) is 12.3. The molecular formula is C26H28N2O4. The summed E-state index contributed by atoms with van der Waals surface area (Å²) in [4.78, 5) is 3.15. The first-order valence-electron chi connectivity index (χ1n) is 10.8. The monoisotopic (exact) mass is 432 g/mol. The molecule has 0 bridgehead atoms. The molecule has 0 aliphatic rings. The number of hydrogen-bond acceptors (Lipinski definition) is 5. The molecule has 0 fully saturated rings. The number of aliphatic hydroxyl groups excluding tert-OH is 1. The number of aromatic hydroxyl groups is 2. The minimum atomic E-state index is -0.634. The number of benzene rings is 3. The molecule has 6 nitrogen and oxygen atoms in total. The van der Waals surface area contributed by atoms with E-state index in [0.29, 0.717) is 13.1 Å². The Balaban J connectivity index is 1.30. The Morgan fingerprint density at radius 3 is 2.16 bits per heavy atom. The Bertz CT molecular complexity index is 1080. The number of hydrogen-bond donors (Lipinski definition) is 5. The summed E-state index contributed by atoms with van der Waals surface area (Å²) in [5.74, 6) is 1.32. The first kappa shape index (κ1) is 21.7. The third kappa shape index (κ3) is 5.41. The highest BCUT2D eigenvalue weighted by Crippen LogP contribution is 2.30. The Morgan fingerprint density at radius 2 is 1.50 bits per heavy atom. The molecule has 32 heavy (non-hydrogen) atoms. The van der Waals surface area contributed by atoms with Gasteiger partial charge in [0.15, 0.2) is 0 Å². The molecular weight excluding hydrogens is 404 g/mol. The zero-order valence-electron chi connectivity index (χ0n) is 17.7. The average molecular weight is 433 g/mol. The van der Waals surface area contributed by atoms with Crippen molar-refractivity contribution < 1.29 is 20.1 Å². The molecule has 0 radical (unpaired) electrons. The van der Waals surface area contributed by atoms with Crippen molar-refractivity contribution in [1.29, 1.82) is 0 Å². The summed E-state index contributed by atoms with van der Waals surface area (Å²) in [7, 11) is 0. The third-order valence-electron chi connectivity index (χ3n) is 5.57. The van der Waals surface area contributed by atoms with E-state index >= 15 is 0 Å². The lowest BCUT2D eigenvalue weighted by atomic mass is 9.88. The van der Waals surface area contributed by atoms with Gasteiger partial charge in [-0.15, -0.1) is 0 Å². The van der Waals surface area contributed by atoms with Crippen molar-refractivity contribution in [3.63, 3.8) is 0 Å². The van der Waals surface area contributed by atoms with Crippen molar-refractivity contribution in [2.24, 2.45) is 0 Å². The first-order chi connectivity index (χ1) is 15.6. The molecule has 0 saturated heterocycles. The van der Waals surface area contributed by atoms with Gasteiger partial charge in [0.25, 0.3) is 0 Å². The Morgan fingerprint density at radius 1 is 0.844 bits per heavy atom. The van der Waals surface area contributed by atoms with Crippen LogP contribution in [0.5, 0.6) is 17.2 Å². The Labute approximate surface area is 187 Å². The number of ether oxygens (including phenoxy) is 1. The molecule has 5 N–H and O–H groups in total. The number of rotatable bonds is 10. The van der Waals surface area contributed by atoms with Gasteiger partial charge in [0, 0.05) is 29.6 Å². The second-order valence-electron chi connectivity index (χ2n) is 7.89. The summed E-state index contributed by atoms with van der Waals surface area (Å²) in [6, 6.07) is 22.2. The quantitative estimate of drug-likeness (QED) is 0.243. The van der Waals surface area contributed by atoms with Crippen molar-refractivity contribution in [2.75, 3.05) is 19.7 Å². The maximum absolute atomic E-state index is 10.3. The van der Waals surface area contributed by atoms with E-state index in [4.69, 9.17) is 4.74 Å². The molecule has 1 aromatic heterocycles. The van der Waals surface area contributed by atoms with Crippen LogP contribution in [-0.4, -0.2) is 46.1 Å². The SMILES string of the molecule is Oc1ccc(C(CCNC[C@H](O)COc2cccc3[nH]ccc23)c2ccc(O)cc2)cc1. The Hall–Kier alpha value is -3.48. The van der Waals surface area contributed by atoms with E-state index in [1.54, 1.807) is 24.3 Å². The lowest BCUT2D eigenvalue weighted by Crippen LogP contribution is -2.32. The van der Waals surface area contributed by atoms with Gasteiger partial charge in [-0.25, -0.2) is 0 Å². The maximum Gasteiger partial charge on any atom is 0.128 e. The van der Waals surface area contributed by atoms with Crippen LogP contribution in [0.4, 0.5) is 0 Å². The molecule has 0 aliphatic heterocycles. The van der Waals surface area contributed by atoms with E-state index in [1.165, 1.54) is 0 Å². The van der Waals surface area contributed by atoms with Crippen molar-refractivity contribution in [3.05, 3.63) is 90.1 Å². The van der Waals surface area contributed by atoms with Crippen LogP contribution in [-0.2, 0) is 0 Å². The van der Waals surface area contributed by atoms with Crippen LogP contribution < -0.4 is 10.1 Å². The maximum atomic E-state index is 10.3. The molecule has 4 rings (SSSR count). The molecule has 3 aromatic carbocycles. The van der Waals surface area contributed by atoms with Gasteiger partial charge >= 0.3 is 0 Å². The zero-order chi connectivity index (χ0) is 22.3. The predicted octanol–water partition coefficient (Wildman–Crippen LogP) is 4.13. The molecule has 1 atom stereocenters. The highest BCUT2D eigenvalue weighted by atomic mass is 16.5. The number of H-pyrrole nitrogens is 1. The first-order valence-corrected chi connectivity index (χ1v) is 10.8. The van der Waals surface area contributed by atoms with Crippen LogP contribution >= 0.6 is 0 Å². The number of aromatic amines is 1. The molecule has 4 aromatic rings. The number of nitrogens with one attached hydrogen (secondary N) is 2. The van der Waals surface area contributed by atoms with Crippen LogP contribution in [0.1, 0.15) is 23.5 Å². The fraction of sp³-hybridized carbons (Fsp3) is 0.231. The Kier molecular flexibility index (Phi) is 6.94. The lowest BCUT2D eigenvalue weighted by molar-refractivity contribution is 0.107. The summed E-state index contributed by atoms with van der Waals surface area (Å²) in [5.41, 5.74) is 3.17. The number of phenols is 2. The van der Waals surface area contributed by atoms with Gasteiger partial charge in [-0.05, 0) is 66.6 Å². The highest BCUT2D eigenvalue weighted by Gasteiger charge is 2.15. The van der Waals surface area contributed by atoms with Crippen LogP contribution in [0.3, 0.4) is 0 Å². The van der Waals surface area contributed by atoms with Crippen LogP contribution in [0.2, 0.25) is 0 Å². The van der Waals surface area contributed by atoms with Gasteiger partial charge in [-0.3, -0.25) is 0 Å². The molecule has 0 saturated carbocycles. The summed E-state index contributed by atoms with van der Waals surface area (Å²) >= 11 is 0. The number of fused-ring (bicyclic) bond motifs is 1. The van der Waals surface area contributed by atoms with Gasteiger partial charge in [0.2, 0.25) is 0 Å². The third-order valence-corrected chi connectivity index (χ3v) is 5.57. The smallest absolute Gasteiger partial charge is 0.128 e. The molecule has 6 heteroatoms. The van der Waals surface area contributed by atoms with Crippen molar-refractivity contribution in [2.45, 2.75) is 18.4 Å². The van der Waals surface area contributed by atoms with E-state index < -0.39 is 6.10 Å². The van der Waals surface area contributed by atoms with E-state index in [1.807, 2.05) is 54.7 Å². The summed E-state index contributed by atoms with van der Waals surface area (Å²) in [6.07, 6.45) is 2.03. The van der Waals surface area contributed by atoms with Gasteiger partial charge < -0.3 is 30.4 Å². The van der Waals surface area contributed by atoms with Gasteiger partial charge in [0.05, 0.1) is 0 Å². The van der Waals surface area contributed by atoms with E-state index in [2.05, 4.69) is 10.3 Å². The number of phenolic OH excluding ortho intramolecular Hbond substituents is 2. The molecule has 166 valence electrons. The van der Waals surface area contributed by atoms with E-state index in [9.17, 15) is 15.3 Å². The summed E-state index contributed by atoms with van der Waals surface area (Å²) in [5, 5.41) is 33.9. The fourth-order valence-electron chi connectivity index (χ4n) is 3.88. The second-order valence-corrected chi connectivity index (χ2v) is 7.89. The van der Waals surface area contributed by atoms with Crippen LogP contribution in [0.25, 0.3) is 10.9 Å². The van der Waals surface area contributed by atoms with Crippen molar-refractivity contribution >= 4 is 10.9 Å². The van der Waals surface area contributed by atoms with Gasteiger partial charge in [0.1, 0.15) is 30.0 Å². The minimum Gasteiger partial charge on any atom is -0.508 e. The van der Waals surface area contributed by atoms with Gasteiger partial charge in [-0.1, -0.05) is 30.3 Å². The van der Waals surface area contributed by atoms with Crippen LogP contribution in [0.15, 0.2) is 79.0 Å². The van der Waals surface area contributed by atoms with Crippen molar-refractivity contribution in [3.8, 4) is 17.2 Å². The fourth-order valence-corrected chi connectivity index (χ4v) is 3.88. The highest BCUT2D eigenvalue weighted by molar-refractivity contribution is 5.85. The van der Waals surface area contributed by atoms with Crippen molar-refractivity contribution in [1.82, 2.24) is 10.3 Å². The zero-order valence-corrected chi connectivity index (χ0v) is 17.7. The molecule has 0 amide bonds. The minimum absolute atomic E-state index is 0.100. The average Bonchev–Trinajstić information content (AvgIpc) is 3.29.